The number of carbonyl (C=O) groups excluding carboxylic acids is 2. The third kappa shape index (κ3) is 3.54. The highest BCUT2D eigenvalue weighted by Gasteiger charge is 2.23. The average molecular weight is 314 g/mol. The van der Waals surface area contributed by atoms with E-state index in [1.807, 2.05) is 17.5 Å². The van der Waals surface area contributed by atoms with E-state index in [4.69, 9.17) is 0 Å². The van der Waals surface area contributed by atoms with E-state index in [1.165, 1.54) is 0 Å². The van der Waals surface area contributed by atoms with Crippen molar-refractivity contribution in [3.63, 3.8) is 0 Å². The third-order valence-electron chi connectivity index (χ3n) is 3.63. The van der Waals surface area contributed by atoms with Crippen LogP contribution in [0.1, 0.15) is 38.4 Å². The number of amides is 2. The molecule has 0 radical (unpaired) electrons. The van der Waals surface area contributed by atoms with Crippen molar-refractivity contribution >= 4 is 23.2 Å². The first-order valence-electron chi connectivity index (χ1n) is 7.32. The van der Waals surface area contributed by atoms with Crippen molar-refractivity contribution in [1.29, 1.82) is 0 Å². The molecule has 0 unspecified atom stereocenters. The standard InChI is InChI=1S/C17H18N2O2S/c1-19(11-15-3-2-10-22-15)17(21)13-6-4-12(5-7-13)16(20)18-14-8-9-14/h2-7,10,14H,8-9,11H2,1H3,(H,18,20). The lowest BCUT2D eigenvalue weighted by atomic mass is 10.1. The lowest BCUT2D eigenvalue weighted by molar-refractivity contribution is 0.0785. The molecule has 22 heavy (non-hydrogen) atoms. The van der Waals surface area contributed by atoms with Crippen LogP contribution in [0, 0.1) is 0 Å². The van der Waals surface area contributed by atoms with Gasteiger partial charge in [-0.2, -0.15) is 0 Å². The van der Waals surface area contributed by atoms with Crippen molar-refractivity contribution in [1.82, 2.24) is 10.2 Å². The first-order chi connectivity index (χ1) is 10.6. The van der Waals surface area contributed by atoms with Gasteiger partial charge in [0.2, 0.25) is 0 Å². The quantitative estimate of drug-likeness (QED) is 0.922. The number of nitrogens with one attached hydrogen (secondary N) is 1. The van der Waals surface area contributed by atoms with Crippen molar-refractivity contribution in [2.24, 2.45) is 0 Å². The zero-order valence-corrected chi connectivity index (χ0v) is 13.2. The Morgan fingerprint density at radius 2 is 1.86 bits per heavy atom. The van der Waals surface area contributed by atoms with Crippen LogP contribution in [0.2, 0.25) is 0 Å². The van der Waals surface area contributed by atoms with Gasteiger partial charge in [-0.05, 0) is 48.6 Å². The van der Waals surface area contributed by atoms with E-state index in [-0.39, 0.29) is 11.8 Å². The van der Waals surface area contributed by atoms with Crippen molar-refractivity contribution < 1.29 is 9.59 Å². The van der Waals surface area contributed by atoms with Crippen LogP contribution in [0.25, 0.3) is 0 Å². The van der Waals surface area contributed by atoms with Gasteiger partial charge in [-0.1, -0.05) is 6.07 Å². The molecule has 114 valence electrons. The van der Waals surface area contributed by atoms with Crippen molar-refractivity contribution in [3.8, 4) is 0 Å². The third-order valence-corrected chi connectivity index (χ3v) is 4.49. The number of nitrogens with zero attached hydrogens (tertiary/aromatic N) is 1. The predicted octanol–water partition coefficient (Wildman–Crippen LogP) is 2.91. The highest BCUT2D eigenvalue weighted by Crippen LogP contribution is 2.19. The SMILES string of the molecule is CN(Cc1cccs1)C(=O)c1ccc(C(=O)NC2CC2)cc1. The van der Waals surface area contributed by atoms with Gasteiger partial charge in [0.05, 0.1) is 6.54 Å². The van der Waals surface area contributed by atoms with Crippen LogP contribution in [0.5, 0.6) is 0 Å². The van der Waals surface area contributed by atoms with Crippen LogP contribution in [0.3, 0.4) is 0 Å². The number of carbonyl (C=O) groups is 2. The minimum Gasteiger partial charge on any atom is -0.349 e. The minimum atomic E-state index is -0.0616. The molecular weight excluding hydrogens is 296 g/mol. The Bertz CT molecular complexity index is 660. The molecule has 5 heteroatoms. The fourth-order valence-electron chi connectivity index (χ4n) is 2.19. The second-order valence-corrected chi connectivity index (χ2v) is 6.60. The van der Waals surface area contributed by atoms with Crippen molar-refractivity contribution in [3.05, 3.63) is 57.8 Å². The molecule has 2 aromatic rings. The highest BCUT2D eigenvalue weighted by atomic mass is 32.1. The molecule has 0 spiro atoms. The number of thiophene rings is 1. The van der Waals surface area contributed by atoms with Gasteiger partial charge in [-0.3, -0.25) is 9.59 Å². The Kier molecular flexibility index (Phi) is 4.24. The lowest BCUT2D eigenvalue weighted by Gasteiger charge is -2.16. The van der Waals surface area contributed by atoms with Crippen molar-refractivity contribution in [2.45, 2.75) is 25.4 Å². The van der Waals surface area contributed by atoms with Crippen LogP contribution >= 0.6 is 11.3 Å². The van der Waals surface area contributed by atoms with E-state index in [1.54, 1.807) is 47.5 Å². The first-order valence-corrected chi connectivity index (χ1v) is 8.20. The van der Waals surface area contributed by atoms with Gasteiger partial charge in [-0.15, -0.1) is 11.3 Å². The van der Waals surface area contributed by atoms with E-state index < -0.39 is 0 Å². The Morgan fingerprint density at radius 3 is 2.45 bits per heavy atom. The molecule has 1 aliphatic carbocycles. The van der Waals surface area contributed by atoms with Gasteiger partial charge in [0.15, 0.2) is 0 Å². The maximum atomic E-state index is 12.4. The summed E-state index contributed by atoms with van der Waals surface area (Å²) in [5.41, 5.74) is 1.20. The molecule has 2 amide bonds. The highest BCUT2D eigenvalue weighted by molar-refractivity contribution is 7.09. The summed E-state index contributed by atoms with van der Waals surface area (Å²) in [5, 5.41) is 4.94. The summed E-state index contributed by atoms with van der Waals surface area (Å²) in [6, 6.07) is 11.2. The van der Waals surface area contributed by atoms with E-state index in [0.717, 1.165) is 17.7 Å². The van der Waals surface area contributed by atoms with Crippen LogP contribution < -0.4 is 5.32 Å². The number of hydrogen-bond acceptors (Lipinski definition) is 3. The van der Waals surface area contributed by atoms with E-state index in [9.17, 15) is 9.59 Å². The summed E-state index contributed by atoms with van der Waals surface area (Å²) in [5.74, 6) is -0.101. The molecule has 1 aromatic carbocycles. The average Bonchev–Trinajstić information content (AvgIpc) is 3.19. The molecule has 1 aromatic heterocycles. The number of hydrogen-bond donors (Lipinski definition) is 1. The zero-order chi connectivity index (χ0) is 15.5. The van der Waals surface area contributed by atoms with E-state index >= 15 is 0 Å². The summed E-state index contributed by atoms with van der Waals surface area (Å²) < 4.78 is 0. The van der Waals surface area contributed by atoms with Gasteiger partial charge >= 0.3 is 0 Å². The summed E-state index contributed by atoms with van der Waals surface area (Å²) in [6.45, 7) is 0.598. The molecular formula is C17H18N2O2S. The molecule has 0 saturated heterocycles. The summed E-state index contributed by atoms with van der Waals surface area (Å²) >= 11 is 1.63. The van der Waals surface area contributed by atoms with Gasteiger partial charge in [-0.25, -0.2) is 0 Å². The normalized spacial score (nSPS) is 13.7. The molecule has 1 N–H and O–H groups in total. The van der Waals surface area contributed by atoms with Crippen LogP contribution in [0.4, 0.5) is 0 Å². The summed E-state index contributed by atoms with van der Waals surface area (Å²) in [4.78, 5) is 27.1. The largest absolute Gasteiger partial charge is 0.349 e. The molecule has 3 rings (SSSR count). The smallest absolute Gasteiger partial charge is 0.253 e. The monoisotopic (exact) mass is 314 g/mol. The molecule has 4 nitrogen and oxygen atoms in total. The van der Waals surface area contributed by atoms with E-state index in [0.29, 0.717) is 23.7 Å². The van der Waals surface area contributed by atoms with Gasteiger partial charge in [0, 0.05) is 29.1 Å². The van der Waals surface area contributed by atoms with Crippen LogP contribution in [-0.2, 0) is 6.54 Å². The molecule has 1 aliphatic rings. The van der Waals surface area contributed by atoms with E-state index in [2.05, 4.69) is 5.32 Å². The molecule has 0 bridgehead atoms. The maximum absolute atomic E-state index is 12.4. The second-order valence-electron chi connectivity index (χ2n) is 5.57. The fourth-order valence-corrected chi connectivity index (χ4v) is 2.95. The van der Waals surface area contributed by atoms with Gasteiger partial charge < -0.3 is 10.2 Å². The maximum Gasteiger partial charge on any atom is 0.253 e. The Labute approximate surface area is 133 Å². The Balaban J connectivity index is 1.63. The molecule has 0 aliphatic heterocycles. The van der Waals surface area contributed by atoms with Crippen LogP contribution in [0.15, 0.2) is 41.8 Å². The molecule has 1 heterocycles. The zero-order valence-electron chi connectivity index (χ0n) is 12.4. The summed E-state index contributed by atoms with van der Waals surface area (Å²) in [6.07, 6.45) is 2.13. The topological polar surface area (TPSA) is 49.4 Å². The Morgan fingerprint density at radius 1 is 1.18 bits per heavy atom. The van der Waals surface area contributed by atoms with Gasteiger partial charge in [0.25, 0.3) is 11.8 Å². The predicted molar refractivity (Wildman–Crippen MR) is 87.0 cm³/mol. The second kappa shape index (κ2) is 6.32. The molecule has 0 atom stereocenters. The molecule has 1 fully saturated rings. The number of benzene rings is 1. The minimum absolute atomic E-state index is 0.0393. The molecule has 1 saturated carbocycles. The summed E-state index contributed by atoms with van der Waals surface area (Å²) in [7, 11) is 1.79. The first kappa shape index (κ1) is 14.8. The lowest BCUT2D eigenvalue weighted by Crippen LogP contribution is -2.27. The number of rotatable bonds is 5. The van der Waals surface area contributed by atoms with Crippen LogP contribution in [-0.4, -0.2) is 29.8 Å². The fraction of sp³-hybridized carbons (Fsp3) is 0.294. The Hall–Kier alpha value is -2.14. The van der Waals surface area contributed by atoms with Crippen molar-refractivity contribution in [2.75, 3.05) is 7.05 Å². The van der Waals surface area contributed by atoms with Gasteiger partial charge in [0.1, 0.15) is 0 Å².